The number of nitro groups is 1. The molecule has 0 aliphatic rings. The van der Waals surface area contributed by atoms with Gasteiger partial charge >= 0.3 is 11.8 Å². The Morgan fingerprint density at radius 1 is 1.23 bits per heavy atom. The summed E-state index contributed by atoms with van der Waals surface area (Å²) in [5, 5.41) is 21.6. The van der Waals surface area contributed by atoms with Gasteiger partial charge in [-0.1, -0.05) is 12.1 Å². The van der Waals surface area contributed by atoms with Crippen LogP contribution in [0.4, 0.5) is 10.5 Å². The molecule has 0 bridgehead atoms. The van der Waals surface area contributed by atoms with Crippen molar-refractivity contribution in [3.8, 4) is 17.4 Å². The van der Waals surface area contributed by atoms with Crippen molar-refractivity contribution in [3.05, 3.63) is 64.3 Å². The molecule has 0 saturated carbocycles. The molecule has 0 aliphatic heterocycles. The number of para-hydroxylation sites is 2. The smallest absolute Gasteiger partial charge is 0.450 e. The van der Waals surface area contributed by atoms with Crippen LogP contribution in [0.2, 0.25) is 0 Å². The number of rotatable bonds is 6. The van der Waals surface area contributed by atoms with Crippen molar-refractivity contribution in [1.82, 2.24) is 9.97 Å². The number of fused-ring (bicyclic) bond motifs is 3. The van der Waals surface area contributed by atoms with Crippen LogP contribution in [0.3, 0.4) is 0 Å². The number of aromatic nitrogens is 2. The van der Waals surface area contributed by atoms with Gasteiger partial charge in [-0.15, -0.1) is 0 Å². The standard InChI is InChI=1S/C20H15N3O7/c1-28-10-13-18-12-8-11(29-17-5-3-2-4-16(17)23(26)27)6-7-14(12)22-15(18)9-21-19(13)30-20(24)25/h2-9,22H,10H2,1H3,(H,24,25). The van der Waals surface area contributed by atoms with Crippen molar-refractivity contribution >= 4 is 33.6 Å². The second-order valence-corrected chi connectivity index (χ2v) is 6.29. The number of nitrogens with one attached hydrogen (secondary N) is 1. The van der Waals surface area contributed by atoms with E-state index in [1.807, 2.05) is 0 Å². The fraction of sp³-hybridized carbons (Fsp3) is 0.100. The van der Waals surface area contributed by atoms with E-state index in [0.717, 1.165) is 5.52 Å². The van der Waals surface area contributed by atoms with Gasteiger partial charge in [0.2, 0.25) is 11.6 Å². The molecular formula is C20H15N3O7. The summed E-state index contributed by atoms with van der Waals surface area (Å²) in [7, 11) is 1.47. The third-order valence-corrected chi connectivity index (χ3v) is 4.43. The number of methoxy groups -OCH3 is 1. The number of aromatic amines is 1. The Morgan fingerprint density at radius 3 is 2.77 bits per heavy atom. The molecule has 2 N–H and O–H groups in total. The van der Waals surface area contributed by atoms with E-state index in [2.05, 4.69) is 9.97 Å². The Labute approximate surface area is 168 Å². The second-order valence-electron chi connectivity index (χ2n) is 6.29. The molecule has 0 unspecified atom stereocenters. The summed E-state index contributed by atoms with van der Waals surface area (Å²) >= 11 is 0. The van der Waals surface area contributed by atoms with E-state index in [1.165, 1.54) is 25.4 Å². The van der Waals surface area contributed by atoms with Gasteiger partial charge in [0.1, 0.15) is 5.75 Å². The average Bonchev–Trinajstić information content (AvgIpc) is 3.08. The number of hydrogen-bond donors (Lipinski definition) is 2. The number of hydrogen-bond acceptors (Lipinski definition) is 7. The number of nitro benzene ring substituents is 1. The van der Waals surface area contributed by atoms with Gasteiger partial charge in [-0.3, -0.25) is 10.1 Å². The molecule has 2 heterocycles. The van der Waals surface area contributed by atoms with Gasteiger partial charge in [0, 0.05) is 29.5 Å². The number of pyridine rings is 1. The summed E-state index contributed by atoms with van der Waals surface area (Å²) in [6.07, 6.45) is -0.0190. The van der Waals surface area contributed by atoms with Crippen molar-refractivity contribution < 1.29 is 29.0 Å². The van der Waals surface area contributed by atoms with Gasteiger partial charge in [-0.25, -0.2) is 9.78 Å². The molecule has 4 rings (SSSR count). The Hall–Kier alpha value is -4.18. The predicted molar refractivity (Wildman–Crippen MR) is 106 cm³/mol. The maximum atomic E-state index is 11.2. The van der Waals surface area contributed by atoms with Crippen LogP contribution >= 0.6 is 0 Å². The van der Waals surface area contributed by atoms with Gasteiger partial charge < -0.3 is 24.3 Å². The third kappa shape index (κ3) is 3.47. The molecule has 0 spiro atoms. The topological polar surface area (TPSA) is 137 Å². The first-order chi connectivity index (χ1) is 14.5. The number of benzene rings is 2. The zero-order chi connectivity index (χ0) is 21.3. The Bertz CT molecular complexity index is 1280. The summed E-state index contributed by atoms with van der Waals surface area (Å²) in [5.41, 5.74) is 1.69. The van der Waals surface area contributed by atoms with Crippen LogP contribution in [-0.2, 0) is 11.3 Å². The highest BCUT2D eigenvalue weighted by Gasteiger charge is 2.19. The van der Waals surface area contributed by atoms with Crippen molar-refractivity contribution in [2.45, 2.75) is 6.61 Å². The zero-order valence-corrected chi connectivity index (χ0v) is 15.6. The molecule has 0 saturated heterocycles. The van der Waals surface area contributed by atoms with E-state index < -0.39 is 11.1 Å². The number of H-pyrrole nitrogens is 1. The number of carboxylic acid groups (broad SMARTS) is 1. The lowest BCUT2D eigenvalue weighted by Crippen LogP contribution is -2.07. The summed E-state index contributed by atoms with van der Waals surface area (Å²) in [6, 6.07) is 11.2. The second kappa shape index (κ2) is 7.68. The molecule has 0 atom stereocenters. The van der Waals surface area contributed by atoms with E-state index in [0.29, 0.717) is 27.6 Å². The number of nitrogens with zero attached hydrogens (tertiary/aromatic N) is 2. The minimum atomic E-state index is -1.49. The Kier molecular flexibility index (Phi) is 4.90. The molecule has 30 heavy (non-hydrogen) atoms. The summed E-state index contributed by atoms with van der Waals surface area (Å²) in [5.74, 6) is 0.400. The normalized spacial score (nSPS) is 11.0. The van der Waals surface area contributed by atoms with Crippen LogP contribution in [0.25, 0.3) is 21.8 Å². The van der Waals surface area contributed by atoms with Crippen molar-refractivity contribution in [2.24, 2.45) is 0 Å². The van der Waals surface area contributed by atoms with E-state index in [9.17, 15) is 14.9 Å². The van der Waals surface area contributed by atoms with Crippen LogP contribution in [0.1, 0.15) is 5.56 Å². The van der Waals surface area contributed by atoms with Gasteiger partial charge in [0.15, 0.2) is 0 Å². The molecule has 0 amide bonds. The fourth-order valence-electron chi connectivity index (χ4n) is 3.26. The molecule has 0 aliphatic carbocycles. The largest absolute Gasteiger partial charge is 0.512 e. The summed E-state index contributed by atoms with van der Waals surface area (Å²) in [4.78, 5) is 29.0. The van der Waals surface area contributed by atoms with Crippen LogP contribution in [0.5, 0.6) is 17.4 Å². The molecule has 0 fully saturated rings. The minimum Gasteiger partial charge on any atom is -0.450 e. The van der Waals surface area contributed by atoms with E-state index >= 15 is 0 Å². The number of carbonyl (C=O) groups is 1. The Balaban J connectivity index is 1.86. The zero-order valence-electron chi connectivity index (χ0n) is 15.6. The van der Waals surface area contributed by atoms with E-state index in [1.54, 1.807) is 30.3 Å². The first kappa shape index (κ1) is 19.2. The van der Waals surface area contributed by atoms with Gasteiger partial charge in [0.25, 0.3) is 0 Å². The van der Waals surface area contributed by atoms with E-state index in [-0.39, 0.29) is 23.9 Å². The maximum absolute atomic E-state index is 11.2. The van der Waals surface area contributed by atoms with E-state index in [4.69, 9.17) is 19.3 Å². The van der Waals surface area contributed by atoms with Crippen molar-refractivity contribution in [3.63, 3.8) is 0 Å². The van der Waals surface area contributed by atoms with Gasteiger partial charge in [-0.2, -0.15) is 0 Å². The SMILES string of the molecule is COCc1c(OC(=O)O)ncc2[nH]c3ccc(Oc4ccccc4[N+](=O)[O-])cc3c12. The molecule has 10 heteroatoms. The monoisotopic (exact) mass is 409 g/mol. The van der Waals surface area contributed by atoms with Crippen LogP contribution in [0, 0.1) is 10.1 Å². The highest BCUT2D eigenvalue weighted by Crippen LogP contribution is 2.37. The van der Waals surface area contributed by atoms with Crippen LogP contribution in [-0.4, -0.2) is 33.3 Å². The van der Waals surface area contributed by atoms with Crippen LogP contribution < -0.4 is 9.47 Å². The predicted octanol–water partition coefficient (Wildman–Crippen LogP) is 4.62. The number of ether oxygens (including phenoxy) is 3. The molecule has 152 valence electrons. The quantitative estimate of drug-likeness (QED) is 0.267. The lowest BCUT2D eigenvalue weighted by Gasteiger charge is -2.09. The lowest BCUT2D eigenvalue weighted by atomic mass is 10.1. The van der Waals surface area contributed by atoms with Crippen molar-refractivity contribution in [1.29, 1.82) is 0 Å². The lowest BCUT2D eigenvalue weighted by molar-refractivity contribution is -0.385. The first-order valence-corrected chi connectivity index (χ1v) is 8.72. The summed E-state index contributed by atoms with van der Waals surface area (Å²) < 4.78 is 15.8. The molecule has 2 aromatic heterocycles. The molecule has 10 nitrogen and oxygen atoms in total. The third-order valence-electron chi connectivity index (χ3n) is 4.43. The molecule has 4 aromatic rings. The Morgan fingerprint density at radius 2 is 2.03 bits per heavy atom. The molecule has 0 radical (unpaired) electrons. The van der Waals surface area contributed by atoms with Crippen LogP contribution in [0.15, 0.2) is 48.7 Å². The van der Waals surface area contributed by atoms with Crippen molar-refractivity contribution in [2.75, 3.05) is 7.11 Å². The molecular weight excluding hydrogens is 394 g/mol. The minimum absolute atomic E-state index is 0.0646. The highest BCUT2D eigenvalue weighted by atomic mass is 16.7. The van der Waals surface area contributed by atoms with Gasteiger partial charge in [-0.05, 0) is 24.3 Å². The summed E-state index contributed by atoms with van der Waals surface area (Å²) in [6.45, 7) is 0.0646. The van der Waals surface area contributed by atoms with Gasteiger partial charge in [0.05, 0.1) is 28.8 Å². The maximum Gasteiger partial charge on any atom is 0.512 e. The fourth-order valence-corrected chi connectivity index (χ4v) is 3.26. The molecule has 2 aromatic carbocycles. The first-order valence-electron chi connectivity index (χ1n) is 8.72. The average molecular weight is 409 g/mol. The highest BCUT2D eigenvalue weighted by molar-refractivity contribution is 6.09.